The van der Waals surface area contributed by atoms with Gasteiger partial charge in [-0.3, -0.25) is 10.3 Å². The molecule has 0 unspecified atom stereocenters. The number of aryl methyl sites for hydroxylation is 1. The van der Waals surface area contributed by atoms with Crippen molar-refractivity contribution >= 4 is 21.6 Å². The van der Waals surface area contributed by atoms with Gasteiger partial charge >= 0.3 is 0 Å². The first-order valence-electron chi connectivity index (χ1n) is 9.14. The molecule has 0 amide bonds. The molecule has 2 atom stereocenters. The number of aliphatic imine (C=N–C) groups is 1. The first kappa shape index (κ1) is 18.8. The highest BCUT2D eigenvalue weighted by Crippen LogP contribution is 2.35. The molecule has 0 radical (unpaired) electrons. The van der Waals surface area contributed by atoms with Crippen LogP contribution in [0.15, 0.2) is 76.2 Å². The molecule has 28 heavy (non-hydrogen) atoms. The normalized spacial score (nSPS) is 19.3. The van der Waals surface area contributed by atoms with Gasteiger partial charge in [-0.05, 0) is 52.2 Å². The number of hydrogen-bond donors (Lipinski definition) is 2. The number of halogens is 2. The molecule has 4 rings (SSSR count). The molecule has 0 fully saturated rings. The maximum absolute atomic E-state index is 13.7. The third-order valence-corrected chi connectivity index (χ3v) is 5.61. The summed E-state index contributed by atoms with van der Waals surface area (Å²) in [7, 11) is 0. The van der Waals surface area contributed by atoms with Gasteiger partial charge in [-0.2, -0.15) is 0 Å². The summed E-state index contributed by atoms with van der Waals surface area (Å²) in [5, 5.41) is 13.9. The highest BCUT2D eigenvalue weighted by Gasteiger charge is 2.27. The van der Waals surface area contributed by atoms with Crippen molar-refractivity contribution in [3.8, 4) is 5.75 Å². The average Bonchev–Trinajstić information content (AvgIpc) is 2.70. The molecule has 3 aromatic carbocycles. The van der Waals surface area contributed by atoms with E-state index in [0.717, 1.165) is 22.4 Å². The van der Waals surface area contributed by atoms with Crippen LogP contribution in [-0.2, 0) is 0 Å². The minimum Gasteiger partial charge on any atom is -0.508 e. The molecular weight excluding hydrogens is 419 g/mol. The lowest BCUT2D eigenvalue weighted by Gasteiger charge is -2.31. The molecule has 5 heteroatoms. The van der Waals surface area contributed by atoms with Gasteiger partial charge in [-0.1, -0.05) is 54.1 Å². The zero-order valence-corrected chi connectivity index (χ0v) is 16.9. The summed E-state index contributed by atoms with van der Waals surface area (Å²) in [5.41, 5.74) is 4.89. The third kappa shape index (κ3) is 3.86. The lowest BCUT2D eigenvalue weighted by atomic mass is 9.93. The van der Waals surface area contributed by atoms with E-state index in [9.17, 15) is 9.50 Å². The standard InChI is InChI=1S/C23H20BrFN2O/c1-14-6-8-15(9-7-14)20-13-21(17-4-2-3-5-22(17)28)27-23(26-20)16-10-11-19(25)18(24)12-16/h2-12,21,23,27-28H,13H2,1H3/t21-,23-/m0/s1. The second kappa shape index (κ2) is 7.86. The van der Waals surface area contributed by atoms with Gasteiger partial charge in [0, 0.05) is 23.7 Å². The largest absolute Gasteiger partial charge is 0.508 e. The lowest BCUT2D eigenvalue weighted by molar-refractivity contribution is 0.412. The maximum Gasteiger partial charge on any atom is 0.137 e. The second-order valence-electron chi connectivity index (χ2n) is 7.00. The first-order valence-corrected chi connectivity index (χ1v) is 9.93. The Morgan fingerprint density at radius 1 is 1.07 bits per heavy atom. The van der Waals surface area contributed by atoms with Crippen LogP contribution in [-0.4, -0.2) is 10.8 Å². The predicted molar refractivity (Wildman–Crippen MR) is 113 cm³/mol. The Bertz CT molecular complexity index is 1030. The zero-order valence-electron chi connectivity index (χ0n) is 15.4. The monoisotopic (exact) mass is 438 g/mol. The van der Waals surface area contributed by atoms with Crippen LogP contribution in [0.1, 0.15) is 40.9 Å². The highest BCUT2D eigenvalue weighted by atomic mass is 79.9. The molecule has 0 saturated heterocycles. The van der Waals surface area contributed by atoms with Crippen LogP contribution >= 0.6 is 15.9 Å². The zero-order chi connectivity index (χ0) is 19.7. The summed E-state index contributed by atoms with van der Waals surface area (Å²) >= 11 is 3.26. The van der Waals surface area contributed by atoms with Crippen LogP contribution in [0.5, 0.6) is 5.75 Å². The Balaban J connectivity index is 1.77. The van der Waals surface area contributed by atoms with Gasteiger partial charge in [0.25, 0.3) is 0 Å². The summed E-state index contributed by atoms with van der Waals surface area (Å²) in [4.78, 5) is 4.91. The van der Waals surface area contributed by atoms with E-state index in [2.05, 4.69) is 52.4 Å². The smallest absolute Gasteiger partial charge is 0.137 e. The summed E-state index contributed by atoms with van der Waals surface area (Å²) in [6.45, 7) is 2.05. The Hall–Kier alpha value is -2.50. The van der Waals surface area contributed by atoms with Crippen molar-refractivity contribution in [2.24, 2.45) is 4.99 Å². The van der Waals surface area contributed by atoms with Gasteiger partial charge in [0.15, 0.2) is 0 Å². The number of rotatable bonds is 3. The Morgan fingerprint density at radius 2 is 1.82 bits per heavy atom. The topological polar surface area (TPSA) is 44.6 Å². The minimum atomic E-state index is -0.341. The molecular formula is C23H20BrFN2O. The molecule has 0 spiro atoms. The van der Waals surface area contributed by atoms with E-state index in [1.54, 1.807) is 18.2 Å². The average molecular weight is 439 g/mol. The van der Waals surface area contributed by atoms with Crippen LogP contribution in [0.3, 0.4) is 0 Å². The van der Waals surface area contributed by atoms with Crippen molar-refractivity contribution in [1.82, 2.24) is 5.32 Å². The van der Waals surface area contributed by atoms with Crippen LogP contribution in [0.4, 0.5) is 4.39 Å². The van der Waals surface area contributed by atoms with Crippen LogP contribution in [0.25, 0.3) is 0 Å². The SMILES string of the molecule is Cc1ccc(C2=N[C@H](c3ccc(F)c(Br)c3)N[C@H](c3ccccc3O)C2)cc1. The second-order valence-corrected chi connectivity index (χ2v) is 7.85. The van der Waals surface area contributed by atoms with Gasteiger partial charge in [-0.25, -0.2) is 4.39 Å². The summed E-state index contributed by atoms with van der Waals surface area (Å²) < 4.78 is 14.1. The van der Waals surface area contributed by atoms with Gasteiger partial charge in [0.2, 0.25) is 0 Å². The summed E-state index contributed by atoms with van der Waals surface area (Å²) in [6.07, 6.45) is 0.311. The number of nitrogens with one attached hydrogen (secondary N) is 1. The molecule has 1 heterocycles. The molecule has 3 aromatic rings. The molecule has 3 nitrogen and oxygen atoms in total. The number of para-hydroxylation sites is 1. The van der Waals surface area contributed by atoms with E-state index in [-0.39, 0.29) is 23.8 Å². The lowest BCUT2D eigenvalue weighted by Crippen LogP contribution is -2.33. The molecule has 0 saturated carbocycles. The van der Waals surface area contributed by atoms with Crippen molar-refractivity contribution in [2.45, 2.75) is 25.6 Å². The molecule has 0 aliphatic carbocycles. The number of aromatic hydroxyl groups is 1. The Labute approximate surface area is 172 Å². The van der Waals surface area contributed by atoms with Crippen molar-refractivity contribution in [3.05, 3.63) is 99.3 Å². The van der Waals surface area contributed by atoms with E-state index >= 15 is 0 Å². The fraction of sp³-hybridized carbons (Fsp3) is 0.174. The van der Waals surface area contributed by atoms with Gasteiger partial charge in [0.1, 0.15) is 17.7 Å². The first-order chi connectivity index (χ1) is 13.5. The molecule has 1 aliphatic heterocycles. The summed E-state index contributed by atoms with van der Waals surface area (Å²) in [5.74, 6) is -0.0521. The fourth-order valence-corrected chi connectivity index (χ4v) is 3.86. The highest BCUT2D eigenvalue weighted by molar-refractivity contribution is 9.10. The van der Waals surface area contributed by atoms with Crippen LogP contribution in [0.2, 0.25) is 0 Å². The quantitative estimate of drug-likeness (QED) is 0.540. The van der Waals surface area contributed by atoms with Crippen molar-refractivity contribution in [2.75, 3.05) is 0 Å². The van der Waals surface area contributed by atoms with E-state index in [1.165, 1.54) is 11.6 Å². The van der Waals surface area contributed by atoms with E-state index in [4.69, 9.17) is 4.99 Å². The van der Waals surface area contributed by atoms with Crippen molar-refractivity contribution in [1.29, 1.82) is 0 Å². The maximum atomic E-state index is 13.7. The van der Waals surface area contributed by atoms with Crippen LogP contribution < -0.4 is 5.32 Å². The van der Waals surface area contributed by atoms with Gasteiger partial charge < -0.3 is 5.11 Å². The third-order valence-electron chi connectivity index (χ3n) is 5.00. The number of nitrogens with zero attached hydrogens (tertiary/aromatic N) is 1. The number of hydrogen-bond acceptors (Lipinski definition) is 3. The van der Waals surface area contributed by atoms with Crippen LogP contribution in [0, 0.1) is 12.7 Å². The molecule has 1 aliphatic rings. The Morgan fingerprint density at radius 3 is 2.54 bits per heavy atom. The number of benzene rings is 3. The predicted octanol–water partition coefficient (Wildman–Crippen LogP) is 5.82. The molecule has 0 bridgehead atoms. The van der Waals surface area contributed by atoms with Gasteiger partial charge in [0.05, 0.1) is 4.47 Å². The van der Waals surface area contributed by atoms with E-state index < -0.39 is 0 Å². The number of phenols is 1. The van der Waals surface area contributed by atoms with E-state index in [1.807, 2.05) is 18.2 Å². The molecule has 2 N–H and O–H groups in total. The molecule has 0 aromatic heterocycles. The fourth-order valence-electron chi connectivity index (χ4n) is 3.46. The van der Waals surface area contributed by atoms with Gasteiger partial charge in [-0.15, -0.1) is 0 Å². The molecule has 142 valence electrons. The minimum absolute atomic E-state index is 0.108. The number of phenolic OH excluding ortho intramolecular Hbond substituents is 1. The Kier molecular flexibility index (Phi) is 5.29. The summed E-state index contributed by atoms with van der Waals surface area (Å²) in [6, 6.07) is 20.4. The van der Waals surface area contributed by atoms with Crippen molar-refractivity contribution < 1.29 is 9.50 Å². The van der Waals surface area contributed by atoms with Crippen molar-refractivity contribution in [3.63, 3.8) is 0 Å². The van der Waals surface area contributed by atoms with E-state index in [0.29, 0.717) is 10.9 Å².